The first kappa shape index (κ1) is 21.0. The van der Waals surface area contributed by atoms with Gasteiger partial charge in [0.2, 0.25) is 5.91 Å². The molecule has 1 fully saturated rings. The highest BCUT2D eigenvalue weighted by Gasteiger charge is 2.19. The summed E-state index contributed by atoms with van der Waals surface area (Å²) >= 11 is 0. The van der Waals surface area contributed by atoms with Gasteiger partial charge in [-0.2, -0.15) is 9.59 Å². The molecule has 2 unspecified atom stereocenters. The number of rotatable bonds is 9. The van der Waals surface area contributed by atoms with Crippen molar-refractivity contribution in [3.05, 3.63) is 0 Å². The van der Waals surface area contributed by atoms with Gasteiger partial charge in [0, 0.05) is 17.4 Å². The minimum Gasteiger partial charge on any atom is -0.480 e. The third-order valence-electron chi connectivity index (χ3n) is 3.12. The summed E-state index contributed by atoms with van der Waals surface area (Å²) < 4.78 is 0. The molecule has 0 saturated carbocycles. The van der Waals surface area contributed by atoms with Crippen LogP contribution in [0.25, 0.3) is 0 Å². The number of amides is 1. The third-order valence-corrected chi connectivity index (χ3v) is 6.12. The molecule has 1 aliphatic heterocycles. The molecule has 0 bridgehead atoms. The Labute approximate surface area is 138 Å². The van der Waals surface area contributed by atoms with Crippen LogP contribution in [0.2, 0.25) is 0 Å². The summed E-state index contributed by atoms with van der Waals surface area (Å²) in [4.78, 5) is 38.8. The predicted octanol–water partition coefficient (Wildman–Crippen LogP) is 2.49. The minimum absolute atomic E-state index is 0.130. The Morgan fingerprint density at radius 1 is 1.36 bits per heavy atom. The molecule has 0 radical (unpaired) electrons. The van der Waals surface area contributed by atoms with Gasteiger partial charge in [0.15, 0.2) is 0 Å². The molecule has 22 heavy (non-hydrogen) atoms. The summed E-state index contributed by atoms with van der Waals surface area (Å²) in [5.41, 5.74) is 0. The molecule has 0 aliphatic carbocycles. The molecule has 1 amide bonds. The third kappa shape index (κ3) is 10.7. The topological polar surface area (TPSA) is 101 Å². The van der Waals surface area contributed by atoms with Crippen LogP contribution in [0.3, 0.4) is 0 Å². The molecule has 1 heterocycles. The van der Waals surface area contributed by atoms with Gasteiger partial charge in [0.25, 0.3) is 0 Å². The van der Waals surface area contributed by atoms with Crippen molar-refractivity contribution < 1.29 is 24.3 Å². The highest BCUT2D eigenvalue weighted by molar-refractivity contribution is 8.77. The summed E-state index contributed by atoms with van der Waals surface area (Å²) in [5, 5.41) is 12.3. The first-order chi connectivity index (χ1) is 10.5. The van der Waals surface area contributed by atoms with Crippen molar-refractivity contribution in [2.45, 2.75) is 63.2 Å². The fourth-order valence-corrected chi connectivity index (χ4v) is 5.06. The van der Waals surface area contributed by atoms with Crippen LogP contribution >= 0.6 is 21.6 Å². The maximum atomic E-state index is 11.6. The first-order valence-electron chi connectivity index (χ1n) is 7.34. The molecule has 1 rings (SSSR count). The number of hydrogen-bond acceptors (Lipinski definition) is 6. The molecule has 6 nitrogen and oxygen atoms in total. The van der Waals surface area contributed by atoms with Gasteiger partial charge in [-0.05, 0) is 25.7 Å². The van der Waals surface area contributed by atoms with E-state index in [0.29, 0.717) is 12.8 Å². The average Bonchev–Trinajstić information content (AvgIpc) is 2.97. The van der Waals surface area contributed by atoms with Crippen molar-refractivity contribution in [3.63, 3.8) is 0 Å². The lowest BCUT2D eigenvalue weighted by Gasteiger charge is -2.13. The maximum Gasteiger partial charge on any atom is 0.373 e. The van der Waals surface area contributed by atoms with Crippen molar-refractivity contribution in [2.75, 3.05) is 5.75 Å². The molecule has 1 aliphatic rings. The first-order valence-corrected chi connectivity index (χ1v) is 9.73. The number of carboxylic acid groups (broad SMARTS) is 1. The summed E-state index contributed by atoms with van der Waals surface area (Å²) in [6.07, 6.45) is 6.30. The molecule has 8 heteroatoms. The molecule has 0 spiro atoms. The zero-order valence-electron chi connectivity index (χ0n) is 12.7. The summed E-state index contributed by atoms with van der Waals surface area (Å²) in [5.74, 6) is 0.177. The number of nitrogens with one attached hydrogen (secondary N) is 1. The van der Waals surface area contributed by atoms with Crippen LogP contribution in [0.1, 0.15) is 51.9 Å². The molecular weight excluding hydrogens is 326 g/mol. The smallest absolute Gasteiger partial charge is 0.373 e. The summed E-state index contributed by atoms with van der Waals surface area (Å²) in [6.45, 7) is 1.92. The molecule has 0 aromatic rings. The number of aliphatic carboxylic acids is 1. The van der Waals surface area contributed by atoms with Gasteiger partial charge in [-0.1, -0.05) is 41.4 Å². The Hall–Kier alpha value is -0.980. The molecule has 0 aromatic heterocycles. The SMILES string of the molecule is CCCC(NC(=O)CCCCC1CCSS1)C(=O)O.O=C=O. The monoisotopic (exact) mass is 349 g/mol. The van der Waals surface area contributed by atoms with Crippen LogP contribution in [0, 0.1) is 0 Å². The van der Waals surface area contributed by atoms with Gasteiger partial charge in [-0.15, -0.1) is 0 Å². The minimum atomic E-state index is -0.936. The number of hydrogen-bond donors (Lipinski definition) is 2. The van der Waals surface area contributed by atoms with Crippen LogP contribution in [-0.4, -0.2) is 40.2 Å². The second kappa shape index (κ2) is 13.7. The molecular formula is C14H23NO5S2. The number of carbonyl (C=O) groups is 2. The number of carbonyl (C=O) groups excluding carboxylic acids is 3. The zero-order valence-corrected chi connectivity index (χ0v) is 14.3. The van der Waals surface area contributed by atoms with Crippen molar-refractivity contribution in [2.24, 2.45) is 0 Å². The van der Waals surface area contributed by atoms with Gasteiger partial charge in [0.1, 0.15) is 6.04 Å². The van der Waals surface area contributed by atoms with Gasteiger partial charge < -0.3 is 10.4 Å². The van der Waals surface area contributed by atoms with Crippen molar-refractivity contribution in [1.82, 2.24) is 5.32 Å². The molecule has 2 atom stereocenters. The van der Waals surface area contributed by atoms with E-state index in [4.69, 9.17) is 14.7 Å². The Morgan fingerprint density at radius 3 is 2.55 bits per heavy atom. The van der Waals surface area contributed by atoms with Gasteiger partial charge in [-0.3, -0.25) is 4.79 Å². The van der Waals surface area contributed by atoms with E-state index in [1.54, 1.807) is 0 Å². The van der Waals surface area contributed by atoms with Crippen molar-refractivity contribution in [3.8, 4) is 0 Å². The summed E-state index contributed by atoms with van der Waals surface area (Å²) in [6, 6.07) is -0.723. The summed E-state index contributed by atoms with van der Waals surface area (Å²) in [7, 11) is 3.90. The van der Waals surface area contributed by atoms with E-state index in [1.165, 1.54) is 18.6 Å². The van der Waals surface area contributed by atoms with Gasteiger partial charge >= 0.3 is 12.1 Å². The second-order valence-electron chi connectivity index (χ2n) is 4.91. The van der Waals surface area contributed by atoms with Crippen LogP contribution in [0.5, 0.6) is 0 Å². The Kier molecular flexibility index (Phi) is 13.1. The van der Waals surface area contributed by atoms with E-state index >= 15 is 0 Å². The lowest BCUT2D eigenvalue weighted by atomic mass is 10.1. The molecule has 1 saturated heterocycles. The normalized spacial score (nSPS) is 17.8. The van der Waals surface area contributed by atoms with E-state index in [9.17, 15) is 9.59 Å². The number of carboxylic acids is 1. The van der Waals surface area contributed by atoms with Gasteiger partial charge in [-0.25, -0.2) is 4.79 Å². The Balaban J connectivity index is 0.00000135. The highest BCUT2D eigenvalue weighted by atomic mass is 33.1. The Morgan fingerprint density at radius 2 is 2.05 bits per heavy atom. The largest absolute Gasteiger partial charge is 0.480 e. The van der Waals surface area contributed by atoms with E-state index in [0.717, 1.165) is 24.5 Å². The lowest BCUT2D eigenvalue weighted by molar-refractivity contribution is -0.191. The van der Waals surface area contributed by atoms with E-state index in [-0.39, 0.29) is 12.1 Å². The van der Waals surface area contributed by atoms with Crippen molar-refractivity contribution >= 4 is 39.6 Å². The second-order valence-corrected chi connectivity index (χ2v) is 7.69. The maximum absolute atomic E-state index is 11.6. The van der Waals surface area contributed by atoms with Crippen molar-refractivity contribution in [1.29, 1.82) is 0 Å². The molecule has 0 aromatic carbocycles. The zero-order chi connectivity index (χ0) is 16.8. The van der Waals surface area contributed by atoms with E-state index < -0.39 is 12.0 Å². The number of unbranched alkanes of at least 4 members (excludes halogenated alkanes) is 1. The predicted molar refractivity (Wildman–Crippen MR) is 86.4 cm³/mol. The Bertz CT molecular complexity index is 366. The highest BCUT2D eigenvalue weighted by Crippen LogP contribution is 2.39. The van der Waals surface area contributed by atoms with Gasteiger partial charge in [0.05, 0.1) is 0 Å². The van der Waals surface area contributed by atoms with Crippen LogP contribution in [0.15, 0.2) is 0 Å². The standard InChI is InChI=1S/C13H23NO3S2.CO2/c1-2-5-11(13(16)17)14-12(15)7-4-3-6-10-8-9-18-19-10;2-1-3/h10-11H,2-9H2,1H3,(H,14,15)(H,16,17);. The average molecular weight is 349 g/mol. The van der Waals surface area contributed by atoms with Crippen LogP contribution < -0.4 is 5.32 Å². The van der Waals surface area contributed by atoms with E-state index in [2.05, 4.69) is 5.32 Å². The lowest BCUT2D eigenvalue weighted by Crippen LogP contribution is -2.40. The fourth-order valence-electron chi connectivity index (χ4n) is 2.03. The van der Waals surface area contributed by atoms with Crippen LogP contribution in [-0.2, 0) is 19.2 Å². The molecule has 2 N–H and O–H groups in total. The quantitative estimate of drug-likeness (QED) is 0.487. The van der Waals surface area contributed by atoms with Crippen LogP contribution in [0.4, 0.5) is 0 Å². The molecule has 126 valence electrons. The fraction of sp³-hybridized carbons (Fsp3) is 0.786. The van der Waals surface area contributed by atoms with E-state index in [1.807, 2.05) is 28.5 Å².